The van der Waals surface area contributed by atoms with Crippen LogP contribution in [0.1, 0.15) is 21.6 Å². The summed E-state index contributed by atoms with van der Waals surface area (Å²) in [5, 5.41) is 3.67. The van der Waals surface area contributed by atoms with Crippen molar-refractivity contribution in [2.24, 2.45) is 5.18 Å². The van der Waals surface area contributed by atoms with Crippen LogP contribution in [0.2, 0.25) is 5.02 Å². The predicted molar refractivity (Wildman–Crippen MR) is 98.9 cm³/mol. The Kier molecular flexibility index (Phi) is 4.86. The summed E-state index contributed by atoms with van der Waals surface area (Å²) in [7, 11) is 1.53. The van der Waals surface area contributed by atoms with Crippen molar-refractivity contribution < 1.29 is 14.3 Å². The van der Waals surface area contributed by atoms with Crippen molar-refractivity contribution >= 4 is 34.3 Å². The van der Waals surface area contributed by atoms with Gasteiger partial charge in [-0.1, -0.05) is 11.6 Å². The van der Waals surface area contributed by atoms with E-state index in [0.717, 1.165) is 0 Å². The Labute approximate surface area is 154 Å². The van der Waals surface area contributed by atoms with Crippen LogP contribution in [0.25, 0.3) is 10.9 Å². The topological polar surface area (TPSA) is 77.7 Å². The quantitative estimate of drug-likeness (QED) is 0.647. The van der Waals surface area contributed by atoms with Gasteiger partial charge in [-0.3, -0.25) is 14.2 Å². The van der Waals surface area contributed by atoms with Crippen LogP contribution in [0, 0.1) is 11.8 Å². The summed E-state index contributed by atoms with van der Waals surface area (Å²) < 4.78 is 6.76. The number of nitroso groups, excluding NO2 is 1. The van der Waals surface area contributed by atoms with Crippen molar-refractivity contribution in [1.82, 2.24) is 4.57 Å². The fourth-order valence-electron chi connectivity index (χ4n) is 2.98. The molecule has 0 spiro atoms. The zero-order valence-corrected chi connectivity index (χ0v) is 14.9. The molecular formula is C19H15ClN2O4. The molecule has 132 valence electrons. The van der Waals surface area contributed by atoms with Gasteiger partial charge in [-0.25, -0.2) is 0 Å². The number of benzene rings is 2. The Morgan fingerprint density at radius 1 is 1.15 bits per heavy atom. The van der Waals surface area contributed by atoms with Crippen molar-refractivity contribution in [1.29, 1.82) is 0 Å². The lowest BCUT2D eigenvalue weighted by Gasteiger charge is -2.08. The third-order valence-corrected chi connectivity index (χ3v) is 4.52. The number of rotatable bonds is 4. The van der Waals surface area contributed by atoms with E-state index >= 15 is 0 Å². The number of halogens is 1. The zero-order chi connectivity index (χ0) is 18.8. The minimum atomic E-state index is -0.797. The highest BCUT2D eigenvalue weighted by Gasteiger charge is 2.22. The number of hydrogen-bond donors (Lipinski definition) is 0. The highest BCUT2D eigenvalue weighted by Crippen LogP contribution is 2.31. The van der Waals surface area contributed by atoms with Gasteiger partial charge in [0.25, 0.3) is 11.8 Å². The molecule has 6 nitrogen and oxygen atoms in total. The molecule has 0 saturated carbocycles. The van der Waals surface area contributed by atoms with E-state index in [4.69, 9.17) is 16.3 Å². The maximum atomic E-state index is 13.0. The number of hydrogen-bond acceptors (Lipinski definition) is 4. The van der Waals surface area contributed by atoms with Gasteiger partial charge in [0.1, 0.15) is 5.75 Å². The number of fused-ring (bicyclic) bond motifs is 1. The van der Waals surface area contributed by atoms with E-state index in [1.165, 1.54) is 11.7 Å². The lowest BCUT2D eigenvalue weighted by molar-refractivity contribution is -0.117. The van der Waals surface area contributed by atoms with Crippen LogP contribution >= 0.6 is 11.6 Å². The summed E-state index contributed by atoms with van der Waals surface area (Å²) >= 11 is 5.89. The zero-order valence-electron chi connectivity index (χ0n) is 14.2. The second-order valence-electron chi connectivity index (χ2n) is 5.76. The Balaban J connectivity index is 2.22. The summed E-state index contributed by atoms with van der Waals surface area (Å²) in [6.07, 6.45) is -0.181. The molecule has 3 aromatic rings. The van der Waals surface area contributed by atoms with Gasteiger partial charge in [-0.05, 0) is 55.0 Å². The smallest absolute Gasteiger partial charge is 0.290 e. The minimum Gasteiger partial charge on any atom is -0.497 e. The molecule has 0 aliphatic heterocycles. The number of methoxy groups -OCH3 is 1. The first kappa shape index (κ1) is 17.8. The number of amides is 1. The highest BCUT2D eigenvalue weighted by molar-refractivity contribution is 6.30. The third-order valence-electron chi connectivity index (χ3n) is 4.27. The maximum absolute atomic E-state index is 13.0. The van der Waals surface area contributed by atoms with Crippen molar-refractivity contribution in [3.8, 4) is 5.75 Å². The Morgan fingerprint density at radius 2 is 1.85 bits per heavy atom. The number of nitrogens with zero attached hydrogens (tertiary/aromatic N) is 2. The summed E-state index contributed by atoms with van der Waals surface area (Å²) in [5.41, 5.74) is 2.23. The van der Waals surface area contributed by atoms with Gasteiger partial charge in [0.2, 0.25) is 0 Å². The lowest BCUT2D eigenvalue weighted by atomic mass is 10.1. The van der Waals surface area contributed by atoms with E-state index in [9.17, 15) is 14.5 Å². The first-order valence-electron chi connectivity index (χ1n) is 7.80. The molecule has 0 saturated heterocycles. The van der Waals surface area contributed by atoms with E-state index in [1.54, 1.807) is 49.4 Å². The van der Waals surface area contributed by atoms with Crippen LogP contribution in [-0.4, -0.2) is 23.5 Å². The molecule has 0 fully saturated rings. The van der Waals surface area contributed by atoms with Crippen LogP contribution in [0.4, 0.5) is 0 Å². The molecule has 0 aliphatic rings. The van der Waals surface area contributed by atoms with E-state index in [2.05, 4.69) is 5.18 Å². The van der Waals surface area contributed by atoms with Crippen LogP contribution in [0.5, 0.6) is 5.75 Å². The van der Waals surface area contributed by atoms with Gasteiger partial charge in [-0.2, -0.15) is 0 Å². The second kappa shape index (κ2) is 7.09. The number of ether oxygens (including phenoxy) is 1. The van der Waals surface area contributed by atoms with Crippen molar-refractivity contribution in [2.45, 2.75) is 13.3 Å². The molecule has 0 atom stereocenters. The molecule has 7 heteroatoms. The van der Waals surface area contributed by atoms with E-state index in [0.29, 0.717) is 38.5 Å². The summed E-state index contributed by atoms with van der Waals surface area (Å²) in [4.78, 5) is 35.2. The molecule has 0 aliphatic carbocycles. The molecule has 0 radical (unpaired) electrons. The lowest BCUT2D eigenvalue weighted by Crippen LogP contribution is -2.14. The molecule has 1 amide bonds. The molecule has 26 heavy (non-hydrogen) atoms. The van der Waals surface area contributed by atoms with Gasteiger partial charge >= 0.3 is 0 Å². The largest absolute Gasteiger partial charge is 0.497 e. The Bertz CT molecular complexity index is 1020. The van der Waals surface area contributed by atoms with Crippen molar-refractivity contribution in [2.75, 3.05) is 7.11 Å². The molecule has 1 aromatic heterocycles. The Hall–Kier alpha value is -2.99. The number of carbonyl (C=O) groups excluding carboxylic acids is 2. The standard InChI is InChI=1S/C19H15ClN2O4/c1-11-15(10-18(23)21-25)16-9-14(26-2)7-8-17(16)22(11)19(24)12-3-5-13(20)6-4-12/h3-9H,10H2,1-2H3. The van der Waals surface area contributed by atoms with E-state index in [-0.39, 0.29) is 12.3 Å². The SMILES string of the molecule is COc1ccc2c(c1)c(CC(=O)N=O)c(C)n2C(=O)c1ccc(Cl)cc1. The van der Waals surface area contributed by atoms with Gasteiger partial charge in [0.05, 0.1) is 19.0 Å². The van der Waals surface area contributed by atoms with Crippen molar-refractivity contribution in [3.05, 3.63) is 69.2 Å². The number of carbonyl (C=O) groups is 2. The average Bonchev–Trinajstić information content (AvgIpc) is 2.92. The van der Waals surface area contributed by atoms with Gasteiger partial charge in [0.15, 0.2) is 0 Å². The third kappa shape index (κ3) is 3.11. The normalized spacial score (nSPS) is 10.7. The van der Waals surface area contributed by atoms with Crippen molar-refractivity contribution in [3.63, 3.8) is 0 Å². The molecular weight excluding hydrogens is 356 g/mol. The first-order valence-corrected chi connectivity index (χ1v) is 8.18. The van der Waals surface area contributed by atoms with E-state index in [1.807, 2.05) is 0 Å². The summed E-state index contributed by atoms with van der Waals surface area (Å²) in [6, 6.07) is 11.8. The van der Waals surface area contributed by atoms with Crippen LogP contribution in [-0.2, 0) is 11.2 Å². The summed E-state index contributed by atoms with van der Waals surface area (Å²) in [6.45, 7) is 1.73. The second-order valence-corrected chi connectivity index (χ2v) is 6.19. The van der Waals surface area contributed by atoms with E-state index < -0.39 is 5.91 Å². The highest BCUT2D eigenvalue weighted by atomic mass is 35.5. The molecule has 0 bridgehead atoms. The van der Waals surface area contributed by atoms with Gasteiger partial charge in [-0.15, -0.1) is 4.91 Å². The fraction of sp³-hybridized carbons (Fsp3) is 0.158. The van der Waals surface area contributed by atoms with Gasteiger partial charge in [0, 0.05) is 26.8 Å². The summed E-state index contributed by atoms with van der Waals surface area (Å²) in [5.74, 6) is -0.470. The molecule has 0 unspecified atom stereocenters. The monoisotopic (exact) mass is 370 g/mol. The number of aromatic nitrogens is 1. The Morgan fingerprint density at radius 3 is 2.46 bits per heavy atom. The van der Waals surface area contributed by atoms with Crippen LogP contribution < -0.4 is 4.74 Å². The predicted octanol–water partition coefficient (Wildman–Crippen LogP) is 4.14. The maximum Gasteiger partial charge on any atom is 0.290 e. The molecule has 1 heterocycles. The minimum absolute atomic E-state index is 0.181. The first-order chi connectivity index (χ1) is 12.5. The van der Waals surface area contributed by atoms with Gasteiger partial charge < -0.3 is 4.74 Å². The van der Waals surface area contributed by atoms with Crippen LogP contribution in [0.3, 0.4) is 0 Å². The fourth-order valence-corrected chi connectivity index (χ4v) is 3.11. The molecule has 3 rings (SSSR count). The average molecular weight is 371 g/mol. The molecule has 2 aromatic carbocycles. The molecule has 0 N–H and O–H groups in total. The van der Waals surface area contributed by atoms with Crippen LogP contribution in [0.15, 0.2) is 47.6 Å².